The predicted molar refractivity (Wildman–Crippen MR) is 86.2 cm³/mol. The molecule has 4 rings (SSSR count). The van der Waals surface area contributed by atoms with Gasteiger partial charge in [0.05, 0.1) is 0 Å². The summed E-state index contributed by atoms with van der Waals surface area (Å²) in [7, 11) is 0. The van der Waals surface area contributed by atoms with Gasteiger partial charge in [0.25, 0.3) is 0 Å². The number of aryl methyl sites for hydroxylation is 1. The molecule has 0 radical (unpaired) electrons. The Balaban J connectivity index is 2.16. The summed E-state index contributed by atoms with van der Waals surface area (Å²) in [5.74, 6) is 0. The Hall–Kier alpha value is -2.16. The summed E-state index contributed by atoms with van der Waals surface area (Å²) in [6.45, 7) is 2.11. The summed E-state index contributed by atoms with van der Waals surface area (Å²) in [6.07, 6.45) is 1.91. The maximum absolute atomic E-state index is 10.2. The molecule has 3 aromatic carbocycles. The highest BCUT2D eigenvalue weighted by Crippen LogP contribution is 2.37. The Morgan fingerprint density at radius 1 is 0.857 bits per heavy atom. The molecule has 3 aromatic rings. The molecule has 0 heterocycles. The third-order valence-electron chi connectivity index (χ3n) is 4.43. The van der Waals surface area contributed by atoms with E-state index < -0.39 is 12.2 Å². The maximum Gasteiger partial charge on any atom is 0.109 e. The third-order valence-corrected chi connectivity index (χ3v) is 4.43. The van der Waals surface area contributed by atoms with Gasteiger partial charge in [-0.25, -0.2) is 0 Å². The fourth-order valence-corrected chi connectivity index (χ4v) is 3.33. The van der Waals surface area contributed by atoms with E-state index >= 15 is 0 Å². The molecule has 1 aliphatic rings. The van der Waals surface area contributed by atoms with E-state index in [0.717, 1.165) is 16.5 Å². The molecule has 1 aliphatic carbocycles. The van der Waals surface area contributed by atoms with E-state index in [-0.39, 0.29) is 0 Å². The molecular formula is C19H16O2. The van der Waals surface area contributed by atoms with Crippen LogP contribution in [0.5, 0.6) is 0 Å². The fourth-order valence-electron chi connectivity index (χ4n) is 3.33. The average molecular weight is 276 g/mol. The highest BCUT2D eigenvalue weighted by atomic mass is 16.3. The highest BCUT2D eigenvalue weighted by Gasteiger charge is 2.23. The van der Waals surface area contributed by atoms with E-state index in [9.17, 15) is 10.2 Å². The van der Waals surface area contributed by atoms with Gasteiger partial charge in [-0.1, -0.05) is 54.6 Å². The zero-order chi connectivity index (χ0) is 14.6. The summed E-state index contributed by atoms with van der Waals surface area (Å²) in [5.41, 5.74) is 3.03. The van der Waals surface area contributed by atoms with Crippen LogP contribution >= 0.6 is 0 Å². The number of hydrogen-bond acceptors (Lipinski definition) is 2. The van der Waals surface area contributed by atoms with Crippen molar-refractivity contribution in [2.45, 2.75) is 19.1 Å². The Labute approximate surface area is 123 Å². The number of benzene rings is 3. The fraction of sp³-hybridized carbons (Fsp3) is 0.158. The maximum atomic E-state index is 10.2. The minimum atomic E-state index is -0.846. The van der Waals surface area contributed by atoms with Crippen molar-refractivity contribution < 1.29 is 10.2 Å². The standard InChI is InChI=1S/C19H16O2/c1-11-10-17-14(13-5-3-2-4-12(11)13)6-7-16-15(17)8-9-18(20)19(16)21/h2-10,18-21H,1H3/t18-,19-/m0/s1. The normalized spacial score (nSPS) is 20.9. The summed E-state index contributed by atoms with van der Waals surface area (Å²) >= 11 is 0. The zero-order valence-corrected chi connectivity index (χ0v) is 11.7. The van der Waals surface area contributed by atoms with Crippen molar-refractivity contribution in [3.8, 4) is 0 Å². The van der Waals surface area contributed by atoms with Crippen molar-refractivity contribution in [2.24, 2.45) is 0 Å². The summed E-state index contributed by atoms with van der Waals surface area (Å²) in [5, 5.41) is 24.8. The van der Waals surface area contributed by atoms with Crippen molar-refractivity contribution in [3.63, 3.8) is 0 Å². The minimum absolute atomic E-state index is 0.798. The largest absolute Gasteiger partial charge is 0.386 e. The van der Waals surface area contributed by atoms with Crippen LogP contribution in [0.25, 0.3) is 27.6 Å². The van der Waals surface area contributed by atoms with Crippen LogP contribution in [-0.2, 0) is 0 Å². The molecule has 0 saturated heterocycles. The second-order valence-electron chi connectivity index (χ2n) is 5.70. The van der Waals surface area contributed by atoms with Crippen molar-refractivity contribution in [2.75, 3.05) is 0 Å². The number of fused-ring (bicyclic) bond motifs is 5. The van der Waals surface area contributed by atoms with Crippen LogP contribution in [0.1, 0.15) is 22.8 Å². The van der Waals surface area contributed by atoms with Gasteiger partial charge in [0.15, 0.2) is 0 Å². The van der Waals surface area contributed by atoms with E-state index in [2.05, 4.69) is 37.3 Å². The molecule has 2 atom stereocenters. The molecule has 0 fully saturated rings. The topological polar surface area (TPSA) is 40.5 Å². The molecule has 0 unspecified atom stereocenters. The zero-order valence-electron chi connectivity index (χ0n) is 11.7. The molecule has 2 nitrogen and oxygen atoms in total. The van der Waals surface area contributed by atoms with Crippen LogP contribution in [0.15, 0.2) is 48.5 Å². The van der Waals surface area contributed by atoms with Crippen LogP contribution in [0.4, 0.5) is 0 Å². The average Bonchev–Trinajstić information content (AvgIpc) is 2.51. The van der Waals surface area contributed by atoms with Crippen LogP contribution in [0, 0.1) is 6.92 Å². The molecule has 2 N–H and O–H groups in total. The molecule has 0 aromatic heterocycles. The number of aliphatic hydroxyl groups excluding tert-OH is 2. The molecule has 104 valence electrons. The van der Waals surface area contributed by atoms with Gasteiger partial charge < -0.3 is 10.2 Å². The number of hydrogen-bond donors (Lipinski definition) is 2. The molecule has 0 bridgehead atoms. The van der Waals surface area contributed by atoms with Crippen LogP contribution in [0.2, 0.25) is 0 Å². The smallest absolute Gasteiger partial charge is 0.109 e. The Morgan fingerprint density at radius 2 is 1.57 bits per heavy atom. The molecule has 21 heavy (non-hydrogen) atoms. The molecule has 0 saturated carbocycles. The lowest BCUT2D eigenvalue weighted by molar-refractivity contribution is 0.0471. The van der Waals surface area contributed by atoms with Gasteiger partial charge in [-0.2, -0.15) is 0 Å². The quantitative estimate of drug-likeness (QED) is 0.614. The Morgan fingerprint density at radius 3 is 2.38 bits per heavy atom. The van der Waals surface area contributed by atoms with Gasteiger partial charge in [0.2, 0.25) is 0 Å². The summed E-state index contributed by atoms with van der Waals surface area (Å²) < 4.78 is 0. The van der Waals surface area contributed by atoms with Crippen LogP contribution < -0.4 is 0 Å². The minimum Gasteiger partial charge on any atom is -0.386 e. The SMILES string of the molecule is Cc1cc2c3c(ccc2c2ccccc12)[C@H](O)[C@@H](O)C=C3. The first-order chi connectivity index (χ1) is 10.2. The highest BCUT2D eigenvalue weighted by molar-refractivity contribution is 6.11. The first kappa shape index (κ1) is 12.6. The van der Waals surface area contributed by atoms with Gasteiger partial charge in [0.1, 0.15) is 12.2 Å². The van der Waals surface area contributed by atoms with Crippen molar-refractivity contribution >= 4 is 27.6 Å². The van der Waals surface area contributed by atoms with Crippen molar-refractivity contribution in [3.05, 3.63) is 65.2 Å². The summed E-state index contributed by atoms with van der Waals surface area (Å²) in [6, 6.07) is 14.5. The lowest BCUT2D eigenvalue weighted by Crippen LogP contribution is -2.19. The van der Waals surface area contributed by atoms with E-state index in [1.165, 1.54) is 21.7 Å². The summed E-state index contributed by atoms with van der Waals surface area (Å²) in [4.78, 5) is 0. The third kappa shape index (κ3) is 1.73. The van der Waals surface area contributed by atoms with Gasteiger partial charge in [-0.3, -0.25) is 0 Å². The van der Waals surface area contributed by atoms with Gasteiger partial charge in [-0.15, -0.1) is 0 Å². The van der Waals surface area contributed by atoms with E-state index in [0.29, 0.717) is 0 Å². The molecule has 2 heteroatoms. The second-order valence-corrected chi connectivity index (χ2v) is 5.70. The Bertz CT molecular complexity index is 893. The Kier molecular flexibility index (Phi) is 2.64. The molecule has 0 spiro atoms. The van der Waals surface area contributed by atoms with Gasteiger partial charge in [-0.05, 0) is 45.2 Å². The van der Waals surface area contributed by atoms with Crippen LogP contribution in [0.3, 0.4) is 0 Å². The van der Waals surface area contributed by atoms with Crippen LogP contribution in [-0.4, -0.2) is 16.3 Å². The first-order valence-corrected chi connectivity index (χ1v) is 7.16. The van der Waals surface area contributed by atoms with E-state index in [1.807, 2.05) is 18.2 Å². The van der Waals surface area contributed by atoms with E-state index in [4.69, 9.17) is 0 Å². The second kappa shape index (κ2) is 4.42. The molecule has 0 amide bonds. The molecule has 0 aliphatic heterocycles. The monoisotopic (exact) mass is 276 g/mol. The number of aliphatic hydroxyl groups is 2. The lowest BCUT2D eigenvalue weighted by Gasteiger charge is -2.23. The van der Waals surface area contributed by atoms with Gasteiger partial charge in [0, 0.05) is 0 Å². The van der Waals surface area contributed by atoms with E-state index in [1.54, 1.807) is 6.08 Å². The van der Waals surface area contributed by atoms with Crippen molar-refractivity contribution in [1.82, 2.24) is 0 Å². The van der Waals surface area contributed by atoms with Gasteiger partial charge >= 0.3 is 0 Å². The first-order valence-electron chi connectivity index (χ1n) is 7.16. The van der Waals surface area contributed by atoms with Crippen molar-refractivity contribution in [1.29, 1.82) is 0 Å². The predicted octanol–water partition coefficient (Wildman–Crippen LogP) is 3.72. The molecular weight excluding hydrogens is 260 g/mol. The number of rotatable bonds is 0. The lowest BCUT2D eigenvalue weighted by atomic mass is 9.86.